The molecule has 0 radical (unpaired) electrons. The van der Waals surface area contributed by atoms with Gasteiger partial charge >= 0.3 is 5.82 Å². The molecule has 0 saturated carbocycles. The predicted molar refractivity (Wildman–Crippen MR) is 145 cm³/mol. The van der Waals surface area contributed by atoms with E-state index in [-0.39, 0.29) is 35.5 Å². The van der Waals surface area contributed by atoms with Gasteiger partial charge in [0.2, 0.25) is 5.82 Å². The zero-order valence-electron chi connectivity index (χ0n) is 21.8. The number of anilines is 2. The van der Waals surface area contributed by atoms with Gasteiger partial charge in [-0.15, -0.1) is 14.9 Å². The second-order valence-electron chi connectivity index (χ2n) is 8.75. The van der Waals surface area contributed by atoms with Crippen molar-refractivity contribution in [2.24, 2.45) is 10.2 Å². The number of nitrogens with one attached hydrogen (secondary N) is 2. The van der Waals surface area contributed by atoms with E-state index in [9.17, 15) is 25.7 Å². The smallest absolute Gasteiger partial charge is 0.316 e. The number of nitrogens with zero attached hydrogens (tertiary/aromatic N) is 8. The third-order valence-electron chi connectivity index (χ3n) is 5.87. The van der Waals surface area contributed by atoms with Gasteiger partial charge in [0.15, 0.2) is 0 Å². The van der Waals surface area contributed by atoms with Crippen molar-refractivity contribution >= 4 is 34.4 Å². The molecular weight excluding hydrogens is 500 g/mol. The van der Waals surface area contributed by atoms with Crippen LogP contribution in [0.2, 0.25) is 0 Å². The number of nitro benzene ring substituents is 1. The lowest BCUT2D eigenvalue weighted by atomic mass is 10.0. The van der Waals surface area contributed by atoms with Crippen molar-refractivity contribution in [2.75, 3.05) is 17.2 Å². The number of non-ortho nitro benzene ring substituents is 1. The molecule has 0 aliphatic carbocycles. The largest absolute Gasteiger partial charge is 0.392 e. The maximum Gasteiger partial charge on any atom is 0.316 e. The fourth-order valence-corrected chi connectivity index (χ4v) is 3.62. The Hall–Kier alpha value is -5.32. The Kier molecular flexibility index (Phi) is 8.90. The number of azo groups is 1. The van der Waals surface area contributed by atoms with Crippen molar-refractivity contribution in [1.29, 1.82) is 10.5 Å². The molecule has 2 atom stereocenters. The molecule has 0 spiro atoms. The average Bonchev–Trinajstić information content (AvgIpc) is 3.28. The van der Waals surface area contributed by atoms with Gasteiger partial charge in [-0.3, -0.25) is 10.1 Å². The van der Waals surface area contributed by atoms with Crippen molar-refractivity contribution < 1.29 is 10.0 Å². The maximum atomic E-state index is 11.1. The van der Waals surface area contributed by atoms with Crippen LogP contribution in [0.25, 0.3) is 10.5 Å². The molecule has 3 rings (SSSR count). The molecule has 0 saturated heterocycles. The molecule has 3 aromatic rings. The summed E-state index contributed by atoms with van der Waals surface area (Å²) in [6, 6.07) is 11.3. The van der Waals surface area contributed by atoms with Crippen LogP contribution in [0, 0.1) is 46.3 Å². The van der Waals surface area contributed by atoms with Gasteiger partial charge in [-0.1, -0.05) is 13.5 Å². The highest BCUT2D eigenvalue weighted by Crippen LogP contribution is 2.39. The number of rotatable bonds is 10. The van der Waals surface area contributed by atoms with Gasteiger partial charge in [-0.25, -0.2) is 0 Å². The van der Waals surface area contributed by atoms with Crippen LogP contribution in [0.3, 0.4) is 0 Å². The third-order valence-corrected chi connectivity index (χ3v) is 5.87. The first-order chi connectivity index (χ1) is 18.6. The average molecular weight is 527 g/mol. The zero-order valence-corrected chi connectivity index (χ0v) is 21.8. The van der Waals surface area contributed by atoms with Gasteiger partial charge in [-0.2, -0.15) is 10.5 Å². The molecule has 0 amide bonds. The van der Waals surface area contributed by atoms with E-state index in [0.717, 1.165) is 6.42 Å². The summed E-state index contributed by atoms with van der Waals surface area (Å²) < 4.78 is 1.21. The van der Waals surface area contributed by atoms with Crippen LogP contribution >= 0.6 is 0 Å². The van der Waals surface area contributed by atoms with Crippen molar-refractivity contribution in [3.8, 4) is 17.8 Å². The van der Waals surface area contributed by atoms with Gasteiger partial charge in [0, 0.05) is 24.7 Å². The first-order valence-electron chi connectivity index (χ1n) is 12.0. The third kappa shape index (κ3) is 6.16. The fourth-order valence-electron chi connectivity index (χ4n) is 3.62. The minimum absolute atomic E-state index is 0.0569. The van der Waals surface area contributed by atoms with Gasteiger partial charge in [-0.05, 0) is 56.1 Å². The highest BCUT2D eigenvalue weighted by molar-refractivity contribution is 5.80. The molecule has 3 N–H and O–H groups in total. The van der Waals surface area contributed by atoms with Crippen LogP contribution in [-0.2, 0) is 0 Å². The molecule has 0 fully saturated rings. The number of aliphatic hydroxyl groups is 1. The minimum Gasteiger partial charge on any atom is -0.392 e. The Labute approximate surface area is 225 Å². The quantitative estimate of drug-likeness (QED) is 0.128. The molecule has 2 aromatic carbocycles. The molecule has 0 aliphatic rings. The summed E-state index contributed by atoms with van der Waals surface area (Å²) in [6.45, 7) is 15.0. The lowest BCUT2D eigenvalue weighted by molar-refractivity contribution is -0.384. The van der Waals surface area contributed by atoms with Crippen LogP contribution in [-0.4, -0.2) is 38.5 Å². The Bertz CT molecular complexity index is 1540. The Morgan fingerprint density at radius 3 is 2.41 bits per heavy atom. The normalized spacial score (nSPS) is 12.3. The highest BCUT2D eigenvalue weighted by Gasteiger charge is 2.23. The summed E-state index contributed by atoms with van der Waals surface area (Å²) in [7, 11) is 0. The van der Waals surface area contributed by atoms with Crippen LogP contribution in [0.4, 0.5) is 34.4 Å². The number of aliphatic hydroxyl groups excluding tert-OH is 1. The van der Waals surface area contributed by atoms with Crippen LogP contribution in [0.15, 0.2) is 40.6 Å². The molecule has 39 heavy (non-hydrogen) atoms. The standard InChI is InChI=1S/C26H26N10O3/c1-6-15(2)31-22-11-23(30-14-16(3)37)24(17(4)20(22)12-27)32-33-26-21(13-28)25(29-5)34-35(26)18-7-9-19(10-8-18)36(38)39/h7-11,15-16,30-31,37H,6,14H2,1-4H3. The predicted octanol–water partition coefficient (Wildman–Crippen LogP) is 5.80. The number of benzene rings is 2. The van der Waals surface area contributed by atoms with E-state index < -0.39 is 11.0 Å². The first-order valence-corrected chi connectivity index (χ1v) is 12.0. The maximum absolute atomic E-state index is 11.1. The summed E-state index contributed by atoms with van der Waals surface area (Å²) in [5.41, 5.74) is 2.32. The summed E-state index contributed by atoms with van der Waals surface area (Å²) in [5, 5.41) is 59.8. The summed E-state index contributed by atoms with van der Waals surface area (Å²) in [6.07, 6.45) is 0.154. The van der Waals surface area contributed by atoms with E-state index >= 15 is 0 Å². The van der Waals surface area contributed by atoms with Crippen LogP contribution in [0.5, 0.6) is 0 Å². The minimum atomic E-state index is -0.674. The topological polar surface area (TPSA) is 182 Å². The second-order valence-corrected chi connectivity index (χ2v) is 8.75. The monoisotopic (exact) mass is 526 g/mol. The van der Waals surface area contributed by atoms with E-state index in [1.54, 1.807) is 19.9 Å². The van der Waals surface area contributed by atoms with E-state index in [2.05, 4.69) is 36.9 Å². The van der Waals surface area contributed by atoms with Crippen molar-refractivity contribution in [2.45, 2.75) is 46.3 Å². The molecule has 0 aliphatic heterocycles. The highest BCUT2D eigenvalue weighted by atomic mass is 16.6. The number of nitriles is 2. The molecule has 1 heterocycles. The molecule has 1 aromatic heterocycles. The summed E-state index contributed by atoms with van der Waals surface area (Å²) >= 11 is 0. The van der Waals surface area contributed by atoms with Crippen LogP contribution in [0.1, 0.15) is 43.9 Å². The summed E-state index contributed by atoms with van der Waals surface area (Å²) in [4.78, 5) is 13.8. The molecule has 0 bridgehead atoms. The van der Waals surface area contributed by atoms with Gasteiger partial charge < -0.3 is 20.6 Å². The van der Waals surface area contributed by atoms with E-state index in [4.69, 9.17) is 6.57 Å². The molecule has 13 nitrogen and oxygen atoms in total. The zero-order chi connectivity index (χ0) is 28.7. The van der Waals surface area contributed by atoms with Crippen LogP contribution < -0.4 is 10.6 Å². The molecule has 2 unspecified atom stereocenters. The summed E-state index contributed by atoms with van der Waals surface area (Å²) in [5.74, 6) is -0.265. The Balaban J connectivity index is 2.21. The molecule has 13 heteroatoms. The lowest BCUT2D eigenvalue weighted by Gasteiger charge is -2.20. The van der Waals surface area contributed by atoms with Crippen molar-refractivity contribution in [1.82, 2.24) is 9.78 Å². The number of nitro groups is 1. The van der Waals surface area contributed by atoms with E-state index in [1.165, 1.54) is 28.9 Å². The SMILES string of the molecule is [C-]#[N+]c1nn(-c2ccc([N+](=O)[O-])cc2)c(N=Nc2c(NCC(C)O)cc(NC(C)CC)c(C#N)c2C)c1C#N. The number of aromatic nitrogens is 2. The first kappa shape index (κ1) is 28.3. The second kappa shape index (κ2) is 12.3. The molecular formula is C26H26N10O3. The number of hydrogen-bond donors (Lipinski definition) is 3. The fraction of sp³-hybridized carbons (Fsp3) is 0.308. The van der Waals surface area contributed by atoms with E-state index in [0.29, 0.717) is 33.9 Å². The van der Waals surface area contributed by atoms with E-state index in [1.807, 2.05) is 19.9 Å². The Morgan fingerprint density at radius 1 is 1.21 bits per heavy atom. The van der Waals surface area contributed by atoms with Gasteiger partial charge in [0.1, 0.15) is 17.3 Å². The van der Waals surface area contributed by atoms with Gasteiger partial charge in [0.05, 0.1) is 39.7 Å². The van der Waals surface area contributed by atoms with Crippen molar-refractivity contribution in [3.05, 3.63) is 68.6 Å². The molecule has 198 valence electrons. The van der Waals surface area contributed by atoms with Gasteiger partial charge in [0.25, 0.3) is 5.69 Å². The Morgan fingerprint density at radius 2 is 1.87 bits per heavy atom. The lowest BCUT2D eigenvalue weighted by Crippen LogP contribution is -2.17. The number of hydrogen-bond acceptors (Lipinski definition) is 10. The van der Waals surface area contributed by atoms with Crippen molar-refractivity contribution in [3.63, 3.8) is 0 Å².